The van der Waals surface area contributed by atoms with Crippen molar-refractivity contribution in [1.82, 2.24) is 10.6 Å². The highest BCUT2D eigenvalue weighted by atomic mass is 16.3. The summed E-state index contributed by atoms with van der Waals surface area (Å²) < 4.78 is 0. The SMILES string of the molecule is CCC(C)NC(=O)CNCC1CCCC(O)C1. The molecule has 0 bridgehead atoms. The van der Waals surface area contributed by atoms with Crippen LogP contribution in [0, 0.1) is 5.92 Å². The van der Waals surface area contributed by atoms with E-state index in [9.17, 15) is 9.90 Å². The van der Waals surface area contributed by atoms with Gasteiger partial charge in [0.2, 0.25) is 5.91 Å². The molecule has 0 aliphatic heterocycles. The second kappa shape index (κ2) is 7.67. The fraction of sp³-hybridized carbons (Fsp3) is 0.923. The Kier molecular flexibility index (Phi) is 6.52. The van der Waals surface area contributed by atoms with Crippen molar-refractivity contribution in [3.8, 4) is 0 Å². The van der Waals surface area contributed by atoms with Crippen molar-refractivity contribution < 1.29 is 9.90 Å². The number of carbonyl (C=O) groups is 1. The van der Waals surface area contributed by atoms with Crippen molar-refractivity contribution in [2.45, 2.75) is 58.1 Å². The predicted octanol–water partition coefficient (Wildman–Crippen LogP) is 1.04. The van der Waals surface area contributed by atoms with Gasteiger partial charge in [0.1, 0.15) is 0 Å². The third-order valence-electron chi connectivity index (χ3n) is 3.49. The molecule has 3 atom stereocenters. The topological polar surface area (TPSA) is 61.4 Å². The Morgan fingerprint density at radius 3 is 2.88 bits per heavy atom. The lowest BCUT2D eigenvalue weighted by molar-refractivity contribution is -0.120. The maximum Gasteiger partial charge on any atom is 0.234 e. The third-order valence-corrected chi connectivity index (χ3v) is 3.49. The number of nitrogens with one attached hydrogen (secondary N) is 2. The summed E-state index contributed by atoms with van der Waals surface area (Å²) in [5.74, 6) is 0.589. The van der Waals surface area contributed by atoms with Gasteiger partial charge in [-0.05, 0) is 45.1 Å². The van der Waals surface area contributed by atoms with Crippen LogP contribution in [0.5, 0.6) is 0 Å². The molecule has 3 N–H and O–H groups in total. The molecule has 1 rings (SSSR count). The van der Waals surface area contributed by atoms with E-state index in [1.807, 2.05) is 6.92 Å². The molecule has 1 aliphatic carbocycles. The summed E-state index contributed by atoms with van der Waals surface area (Å²) >= 11 is 0. The highest BCUT2D eigenvalue weighted by Crippen LogP contribution is 2.23. The molecule has 1 amide bonds. The molecule has 4 heteroatoms. The smallest absolute Gasteiger partial charge is 0.234 e. The fourth-order valence-corrected chi connectivity index (χ4v) is 2.27. The van der Waals surface area contributed by atoms with Crippen molar-refractivity contribution in [3.05, 3.63) is 0 Å². The summed E-state index contributed by atoms with van der Waals surface area (Å²) in [5, 5.41) is 15.6. The van der Waals surface area contributed by atoms with Crippen LogP contribution in [0.25, 0.3) is 0 Å². The van der Waals surface area contributed by atoms with Crippen molar-refractivity contribution >= 4 is 5.91 Å². The minimum Gasteiger partial charge on any atom is -0.393 e. The molecule has 0 saturated heterocycles. The number of amides is 1. The molecule has 0 aromatic carbocycles. The van der Waals surface area contributed by atoms with Crippen LogP contribution in [0.4, 0.5) is 0 Å². The molecule has 1 saturated carbocycles. The molecule has 17 heavy (non-hydrogen) atoms. The quantitative estimate of drug-likeness (QED) is 0.652. The molecular formula is C13H26N2O2. The van der Waals surface area contributed by atoms with E-state index in [0.717, 1.165) is 38.6 Å². The second-order valence-electron chi connectivity index (χ2n) is 5.19. The Hall–Kier alpha value is -0.610. The molecule has 0 aromatic rings. The number of aliphatic hydroxyl groups is 1. The molecule has 0 aromatic heterocycles. The molecule has 0 spiro atoms. The molecule has 0 heterocycles. The van der Waals surface area contributed by atoms with Crippen LogP contribution in [0.1, 0.15) is 46.0 Å². The first kappa shape index (κ1) is 14.5. The largest absolute Gasteiger partial charge is 0.393 e. The number of hydrogen-bond acceptors (Lipinski definition) is 3. The van der Waals surface area contributed by atoms with Crippen molar-refractivity contribution in [1.29, 1.82) is 0 Å². The van der Waals surface area contributed by atoms with Crippen LogP contribution in [0.2, 0.25) is 0 Å². The van der Waals surface area contributed by atoms with Gasteiger partial charge in [-0.15, -0.1) is 0 Å². The van der Waals surface area contributed by atoms with Crippen molar-refractivity contribution in [3.63, 3.8) is 0 Å². The van der Waals surface area contributed by atoms with E-state index in [0.29, 0.717) is 12.5 Å². The highest BCUT2D eigenvalue weighted by Gasteiger charge is 2.19. The van der Waals surface area contributed by atoms with Gasteiger partial charge in [-0.2, -0.15) is 0 Å². The Morgan fingerprint density at radius 1 is 1.47 bits per heavy atom. The summed E-state index contributed by atoms with van der Waals surface area (Å²) in [4.78, 5) is 11.5. The Labute approximate surface area is 104 Å². The lowest BCUT2D eigenvalue weighted by Crippen LogP contribution is -2.40. The zero-order valence-corrected chi connectivity index (χ0v) is 11.0. The van der Waals surface area contributed by atoms with Gasteiger partial charge >= 0.3 is 0 Å². The van der Waals surface area contributed by atoms with Gasteiger partial charge in [0, 0.05) is 6.04 Å². The molecule has 3 unspecified atom stereocenters. The Balaban J connectivity index is 2.08. The van der Waals surface area contributed by atoms with Crippen LogP contribution >= 0.6 is 0 Å². The Bertz CT molecular complexity index is 233. The minimum atomic E-state index is -0.135. The molecule has 1 aliphatic rings. The maximum atomic E-state index is 11.5. The van der Waals surface area contributed by atoms with E-state index < -0.39 is 0 Å². The monoisotopic (exact) mass is 242 g/mol. The lowest BCUT2D eigenvalue weighted by Gasteiger charge is -2.26. The van der Waals surface area contributed by atoms with Crippen LogP contribution in [-0.2, 0) is 4.79 Å². The van der Waals surface area contributed by atoms with Gasteiger partial charge in [0.15, 0.2) is 0 Å². The van der Waals surface area contributed by atoms with E-state index in [-0.39, 0.29) is 18.1 Å². The molecular weight excluding hydrogens is 216 g/mol. The summed E-state index contributed by atoms with van der Waals surface area (Å²) in [5.41, 5.74) is 0. The lowest BCUT2D eigenvalue weighted by atomic mass is 9.87. The highest BCUT2D eigenvalue weighted by molar-refractivity contribution is 5.78. The Morgan fingerprint density at radius 2 is 2.24 bits per heavy atom. The zero-order valence-electron chi connectivity index (χ0n) is 11.0. The van der Waals surface area contributed by atoms with Crippen molar-refractivity contribution in [2.75, 3.05) is 13.1 Å². The van der Waals surface area contributed by atoms with Gasteiger partial charge < -0.3 is 15.7 Å². The standard InChI is InChI=1S/C13H26N2O2/c1-3-10(2)15-13(17)9-14-8-11-5-4-6-12(16)7-11/h10-12,14,16H,3-9H2,1-2H3,(H,15,17). The molecule has 1 fully saturated rings. The zero-order chi connectivity index (χ0) is 12.7. The molecule has 100 valence electrons. The van der Waals surface area contributed by atoms with Gasteiger partial charge in [0.05, 0.1) is 12.6 Å². The first-order valence-corrected chi connectivity index (χ1v) is 6.80. The summed E-state index contributed by atoms with van der Waals surface area (Å²) in [7, 11) is 0. The van der Waals surface area contributed by atoms with Gasteiger partial charge in [-0.25, -0.2) is 0 Å². The first-order valence-electron chi connectivity index (χ1n) is 6.80. The third kappa shape index (κ3) is 6.03. The van der Waals surface area contributed by atoms with Crippen LogP contribution in [0.15, 0.2) is 0 Å². The van der Waals surface area contributed by atoms with E-state index in [1.54, 1.807) is 0 Å². The molecule has 0 radical (unpaired) electrons. The number of hydrogen-bond donors (Lipinski definition) is 3. The summed E-state index contributed by atoms with van der Waals surface area (Å²) in [6.45, 7) is 5.29. The minimum absolute atomic E-state index is 0.0655. The summed E-state index contributed by atoms with van der Waals surface area (Å²) in [6.07, 6.45) is 4.90. The van der Waals surface area contributed by atoms with Crippen LogP contribution in [-0.4, -0.2) is 36.2 Å². The normalized spacial score (nSPS) is 26.5. The van der Waals surface area contributed by atoms with E-state index >= 15 is 0 Å². The molecule has 4 nitrogen and oxygen atoms in total. The average Bonchev–Trinajstić information content (AvgIpc) is 2.29. The van der Waals surface area contributed by atoms with Crippen molar-refractivity contribution in [2.24, 2.45) is 5.92 Å². The predicted molar refractivity (Wildman–Crippen MR) is 68.7 cm³/mol. The van der Waals surface area contributed by atoms with E-state index in [4.69, 9.17) is 0 Å². The second-order valence-corrected chi connectivity index (χ2v) is 5.19. The van der Waals surface area contributed by atoms with E-state index in [1.165, 1.54) is 0 Å². The first-order chi connectivity index (χ1) is 8.11. The summed E-state index contributed by atoms with van der Waals surface area (Å²) in [6, 6.07) is 0.251. The number of rotatable bonds is 6. The van der Waals surface area contributed by atoms with E-state index in [2.05, 4.69) is 17.6 Å². The van der Waals surface area contributed by atoms with Gasteiger partial charge in [-0.1, -0.05) is 13.3 Å². The maximum absolute atomic E-state index is 11.5. The number of carbonyl (C=O) groups excluding carboxylic acids is 1. The fourth-order valence-electron chi connectivity index (χ4n) is 2.27. The number of aliphatic hydroxyl groups excluding tert-OH is 1. The average molecular weight is 242 g/mol. The van der Waals surface area contributed by atoms with Gasteiger partial charge in [0.25, 0.3) is 0 Å². The van der Waals surface area contributed by atoms with Crippen LogP contribution in [0.3, 0.4) is 0 Å². The van der Waals surface area contributed by atoms with Crippen LogP contribution < -0.4 is 10.6 Å². The van der Waals surface area contributed by atoms with Gasteiger partial charge in [-0.3, -0.25) is 4.79 Å².